The third kappa shape index (κ3) is 1.00. The van der Waals surface area contributed by atoms with E-state index in [0.29, 0.717) is 12.4 Å². The predicted molar refractivity (Wildman–Crippen MR) is 44.3 cm³/mol. The molecule has 0 spiro atoms. The van der Waals surface area contributed by atoms with Crippen LogP contribution in [-0.2, 0) is 6.54 Å². The van der Waals surface area contributed by atoms with Crippen molar-refractivity contribution in [2.75, 3.05) is 12.0 Å². The second kappa shape index (κ2) is 2.80. The number of nitriles is 1. The molecule has 0 atom stereocenters. The molecule has 0 saturated heterocycles. The molecule has 0 unspecified atom stereocenters. The minimum absolute atomic E-state index is 0.481. The molecule has 60 valence electrons. The predicted octanol–water partition coefficient (Wildman–Crippen LogP) is 0.426. The lowest BCUT2D eigenvalue weighted by atomic mass is 10.1. The smallest absolute Gasteiger partial charge is 0.163 e. The van der Waals surface area contributed by atoms with Crippen LogP contribution in [0.25, 0.3) is 0 Å². The maximum atomic E-state index is 8.72. The number of pyridine rings is 1. The molecule has 1 aromatic heterocycles. The van der Waals surface area contributed by atoms with Crippen LogP contribution in [0.3, 0.4) is 0 Å². The summed E-state index contributed by atoms with van der Waals surface area (Å²) in [6, 6.07) is 3.97. The van der Waals surface area contributed by atoms with Crippen molar-refractivity contribution in [2.45, 2.75) is 6.54 Å². The molecular formula is C8H8N4. The first-order valence-electron chi connectivity index (χ1n) is 3.74. The maximum Gasteiger partial charge on any atom is 0.163 e. The van der Waals surface area contributed by atoms with Crippen molar-refractivity contribution in [2.24, 2.45) is 0 Å². The lowest BCUT2D eigenvalue weighted by Gasteiger charge is -2.18. The van der Waals surface area contributed by atoms with E-state index in [4.69, 9.17) is 5.26 Å². The Balaban J connectivity index is 2.53. The highest BCUT2D eigenvalue weighted by Crippen LogP contribution is 2.19. The molecule has 0 aliphatic carbocycles. The molecule has 2 heterocycles. The van der Waals surface area contributed by atoms with E-state index in [-0.39, 0.29) is 0 Å². The maximum absolute atomic E-state index is 8.72. The van der Waals surface area contributed by atoms with Gasteiger partial charge in [-0.25, -0.2) is 4.98 Å². The first-order chi connectivity index (χ1) is 5.92. The zero-order valence-corrected chi connectivity index (χ0v) is 6.46. The number of nitrogens with zero attached hydrogens (tertiary/aromatic N) is 2. The molecule has 4 nitrogen and oxygen atoms in total. The van der Waals surface area contributed by atoms with Gasteiger partial charge < -0.3 is 5.32 Å². The molecule has 1 aliphatic rings. The van der Waals surface area contributed by atoms with Gasteiger partial charge in [0.05, 0.1) is 12.4 Å². The van der Waals surface area contributed by atoms with Crippen molar-refractivity contribution in [1.29, 1.82) is 5.26 Å². The number of rotatable bonds is 0. The van der Waals surface area contributed by atoms with E-state index in [1.807, 2.05) is 6.07 Å². The second-order valence-corrected chi connectivity index (χ2v) is 2.59. The molecule has 0 bridgehead atoms. The van der Waals surface area contributed by atoms with Gasteiger partial charge in [-0.2, -0.15) is 5.26 Å². The van der Waals surface area contributed by atoms with E-state index >= 15 is 0 Å². The molecule has 2 N–H and O–H groups in total. The highest BCUT2D eigenvalue weighted by Gasteiger charge is 2.11. The van der Waals surface area contributed by atoms with Crippen LogP contribution in [0.1, 0.15) is 11.3 Å². The standard InChI is InChI=1S/C8H8N4/c9-3-7-8-6(1-2-11-7)4-10-5-12-8/h1-2,10,12H,4-5H2. The Labute approximate surface area is 70.2 Å². The molecule has 12 heavy (non-hydrogen) atoms. The Morgan fingerprint density at radius 3 is 3.33 bits per heavy atom. The van der Waals surface area contributed by atoms with Crippen molar-refractivity contribution in [1.82, 2.24) is 10.3 Å². The van der Waals surface area contributed by atoms with E-state index in [0.717, 1.165) is 17.8 Å². The third-order valence-corrected chi connectivity index (χ3v) is 1.85. The number of hydrogen-bond donors (Lipinski definition) is 2. The van der Waals surface area contributed by atoms with Crippen molar-refractivity contribution >= 4 is 5.69 Å². The molecule has 0 amide bonds. The van der Waals surface area contributed by atoms with Gasteiger partial charge in [-0.15, -0.1) is 0 Å². The van der Waals surface area contributed by atoms with Gasteiger partial charge in [-0.1, -0.05) is 0 Å². The SMILES string of the molecule is N#Cc1nccc2c1NCNC2. The summed E-state index contributed by atoms with van der Waals surface area (Å²) in [6.07, 6.45) is 1.66. The van der Waals surface area contributed by atoms with E-state index in [1.54, 1.807) is 6.20 Å². The van der Waals surface area contributed by atoms with Gasteiger partial charge in [-0.3, -0.25) is 5.32 Å². The summed E-state index contributed by atoms with van der Waals surface area (Å²) in [7, 11) is 0. The van der Waals surface area contributed by atoms with Crippen LogP contribution >= 0.6 is 0 Å². The largest absolute Gasteiger partial charge is 0.370 e. The van der Waals surface area contributed by atoms with E-state index in [2.05, 4.69) is 21.7 Å². The fourth-order valence-corrected chi connectivity index (χ4v) is 1.28. The average molecular weight is 160 g/mol. The topological polar surface area (TPSA) is 60.7 Å². The molecule has 0 saturated carbocycles. The summed E-state index contributed by atoms with van der Waals surface area (Å²) in [5, 5.41) is 15.0. The number of hydrogen-bond acceptors (Lipinski definition) is 4. The average Bonchev–Trinajstić information content (AvgIpc) is 2.17. The van der Waals surface area contributed by atoms with Gasteiger partial charge >= 0.3 is 0 Å². The van der Waals surface area contributed by atoms with Crippen LogP contribution in [0.5, 0.6) is 0 Å². The van der Waals surface area contributed by atoms with Crippen LogP contribution in [0, 0.1) is 11.3 Å². The molecule has 1 aromatic rings. The first-order valence-corrected chi connectivity index (χ1v) is 3.74. The molecule has 4 heteroatoms. The van der Waals surface area contributed by atoms with Crippen molar-refractivity contribution in [3.63, 3.8) is 0 Å². The quantitative estimate of drug-likeness (QED) is 0.577. The Bertz CT molecular complexity index is 339. The summed E-state index contributed by atoms with van der Waals surface area (Å²) in [6.45, 7) is 1.51. The monoisotopic (exact) mass is 160 g/mol. The van der Waals surface area contributed by atoms with E-state index in [1.165, 1.54) is 0 Å². The Morgan fingerprint density at radius 1 is 1.58 bits per heavy atom. The number of anilines is 1. The fraction of sp³-hybridized carbons (Fsp3) is 0.250. The highest BCUT2D eigenvalue weighted by molar-refractivity contribution is 5.60. The van der Waals surface area contributed by atoms with Crippen LogP contribution in [0.15, 0.2) is 12.3 Å². The molecule has 0 aromatic carbocycles. The van der Waals surface area contributed by atoms with Crippen LogP contribution in [-0.4, -0.2) is 11.7 Å². The van der Waals surface area contributed by atoms with Gasteiger partial charge in [0.15, 0.2) is 5.69 Å². The normalized spacial score (nSPS) is 14.2. The minimum atomic E-state index is 0.481. The van der Waals surface area contributed by atoms with Gasteiger partial charge in [-0.05, 0) is 11.6 Å². The summed E-state index contributed by atoms with van der Waals surface area (Å²) in [5.41, 5.74) is 2.46. The molecule has 0 fully saturated rings. The van der Waals surface area contributed by atoms with Gasteiger partial charge in [0.2, 0.25) is 0 Å². The lowest BCUT2D eigenvalue weighted by molar-refractivity contribution is 0.706. The number of nitrogens with one attached hydrogen (secondary N) is 2. The van der Waals surface area contributed by atoms with Crippen molar-refractivity contribution in [3.8, 4) is 6.07 Å². The van der Waals surface area contributed by atoms with Crippen molar-refractivity contribution < 1.29 is 0 Å². The zero-order valence-electron chi connectivity index (χ0n) is 6.46. The third-order valence-electron chi connectivity index (χ3n) is 1.85. The molecule has 2 rings (SSSR count). The van der Waals surface area contributed by atoms with E-state index in [9.17, 15) is 0 Å². The van der Waals surface area contributed by atoms with Gasteiger partial charge in [0.1, 0.15) is 6.07 Å². The second-order valence-electron chi connectivity index (χ2n) is 2.59. The van der Waals surface area contributed by atoms with Gasteiger partial charge in [0, 0.05) is 12.7 Å². The fourth-order valence-electron chi connectivity index (χ4n) is 1.28. The summed E-state index contributed by atoms with van der Waals surface area (Å²) in [5.74, 6) is 0. The highest BCUT2D eigenvalue weighted by atomic mass is 15.1. The Morgan fingerprint density at radius 2 is 2.50 bits per heavy atom. The van der Waals surface area contributed by atoms with Crippen molar-refractivity contribution in [3.05, 3.63) is 23.5 Å². The lowest BCUT2D eigenvalue weighted by Crippen LogP contribution is -2.28. The van der Waals surface area contributed by atoms with Crippen LogP contribution in [0.2, 0.25) is 0 Å². The Kier molecular flexibility index (Phi) is 1.65. The molecule has 1 aliphatic heterocycles. The number of aromatic nitrogens is 1. The summed E-state index contributed by atoms with van der Waals surface area (Å²) < 4.78 is 0. The Hall–Kier alpha value is -1.60. The van der Waals surface area contributed by atoms with Crippen LogP contribution < -0.4 is 10.6 Å². The van der Waals surface area contributed by atoms with Crippen LogP contribution in [0.4, 0.5) is 5.69 Å². The van der Waals surface area contributed by atoms with E-state index < -0.39 is 0 Å². The number of fused-ring (bicyclic) bond motifs is 1. The summed E-state index contributed by atoms with van der Waals surface area (Å²) >= 11 is 0. The zero-order chi connectivity index (χ0) is 8.39. The molecule has 0 radical (unpaired) electrons. The minimum Gasteiger partial charge on any atom is -0.370 e. The summed E-state index contributed by atoms with van der Waals surface area (Å²) in [4.78, 5) is 3.96. The first kappa shape index (κ1) is 7.07. The molecular weight excluding hydrogens is 152 g/mol. The van der Waals surface area contributed by atoms with Gasteiger partial charge in [0.25, 0.3) is 0 Å².